The molecule has 16 heavy (non-hydrogen) atoms. The van der Waals surface area contributed by atoms with Crippen molar-refractivity contribution in [2.24, 2.45) is 17.3 Å². The standard InChI is InChI=1S/C14H20O2/c1-10-9-11(13(16)7-8-15)5-6-12(10)14(2,3)4/h5-6,8-10,12H,7H2,1-4H3. The molecule has 1 aliphatic rings. The van der Waals surface area contributed by atoms with E-state index in [2.05, 4.69) is 33.8 Å². The van der Waals surface area contributed by atoms with Crippen LogP contribution in [0.25, 0.3) is 0 Å². The lowest BCUT2D eigenvalue weighted by molar-refractivity contribution is -0.119. The Labute approximate surface area is 97.4 Å². The average molecular weight is 220 g/mol. The monoisotopic (exact) mass is 220 g/mol. The first kappa shape index (κ1) is 12.9. The van der Waals surface area contributed by atoms with Crippen LogP contribution in [0.2, 0.25) is 0 Å². The maximum atomic E-state index is 11.5. The van der Waals surface area contributed by atoms with Crippen LogP contribution in [0.1, 0.15) is 34.1 Å². The first-order chi connectivity index (χ1) is 7.36. The van der Waals surface area contributed by atoms with Crippen molar-refractivity contribution in [3.05, 3.63) is 23.8 Å². The fraction of sp³-hybridized carbons (Fsp3) is 0.571. The lowest BCUT2D eigenvalue weighted by Crippen LogP contribution is -2.26. The number of hydrogen-bond acceptors (Lipinski definition) is 2. The molecule has 2 atom stereocenters. The quantitative estimate of drug-likeness (QED) is 0.541. The SMILES string of the molecule is CC1C=C(C(=O)CC=O)C=CC1C(C)(C)C. The third-order valence-electron chi connectivity index (χ3n) is 3.08. The molecule has 1 rings (SSSR count). The molecule has 2 nitrogen and oxygen atoms in total. The highest BCUT2D eigenvalue weighted by molar-refractivity contribution is 6.04. The Morgan fingerprint density at radius 2 is 2.06 bits per heavy atom. The van der Waals surface area contributed by atoms with Crippen LogP contribution in [-0.4, -0.2) is 12.1 Å². The molecule has 2 heteroatoms. The number of allylic oxidation sites excluding steroid dienone is 4. The molecule has 0 aromatic rings. The van der Waals surface area contributed by atoms with E-state index in [0.717, 1.165) is 0 Å². The Morgan fingerprint density at radius 3 is 2.50 bits per heavy atom. The Morgan fingerprint density at radius 1 is 1.44 bits per heavy atom. The third-order valence-corrected chi connectivity index (χ3v) is 3.08. The topological polar surface area (TPSA) is 34.1 Å². The molecule has 0 aromatic heterocycles. The summed E-state index contributed by atoms with van der Waals surface area (Å²) >= 11 is 0. The molecule has 0 saturated carbocycles. The zero-order chi connectivity index (χ0) is 12.3. The predicted molar refractivity (Wildman–Crippen MR) is 65.0 cm³/mol. The zero-order valence-corrected chi connectivity index (χ0v) is 10.5. The van der Waals surface area contributed by atoms with Crippen LogP contribution in [0.15, 0.2) is 23.8 Å². The molecule has 1 aliphatic carbocycles. The van der Waals surface area contributed by atoms with Gasteiger partial charge in [-0.15, -0.1) is 0 Å². The van der Waals surface area contributed by atoms with Crippen molar-refractivity contribution < 1.29 is 9.59 Å². The van der Waals surface area contributed by atoms with Gasteiger partial charge < -0.3 is 4.79 Å². The van der Waals surface area contributed by atoms with Crippen molar-refractivity contribution in [3.8, 4) is 0 Å². The van der Waals surface area contributed by atoms with Gasteiger partial charge >= 0.3 is 0 Å². The van der Waals surface area contributed by atoms with E-state index in [-0.39, 0.29) is 17.6 Å². The van der Waals surface area contributed by atoms with E-state index in [1.807, 2.05) is 12.2 Å². The van der Waals surface area contributed by atoms with Crippen molar-refractivity contribution in [3.63, 3.8) is 0 Å². The Balaban J connectivity index is 2.82. The minimum Gasteiger partial charge on any atom is -0.303 e. The van der Waals surface area contributed by atoms with Gasteiger partial charge in [0.2, 0.25) is 0 Å². The van der Waals surface area contributed by atoms with Crippen molar-refractivity contribution in [1.29, 1.82) is 0 Å². The van der Waals surface area contributed by atoms with Gasteiger partial charge in [-0.05, 0) is 17.3 Å². The molecule has 0 fully saturated rings. The number of Topliss-reactive ketones (excluding diaryl/α,β-unsaturated/α-hetero) is 1. The normalized spacial score (nSPS) is 25.1. The lowest BCUT2D eigenvalue weighted by atomic mass is 9.71. The van der Waals surface area contributed by atoms with Crippen LogP contribution in [0.5, 0.6) is 0 Å². The van der Waals surface area contributed by atoms with E-state index >= 15 is 0 Å². The number of aldehydes is 1. The van der Waals surface area contributed by atoms with Crippen LogP contribution < -0.4 is 0 Å². The van der Waals surface area contributed by atoms with Gasteiger partial charge in [0.1, 0.15) is 6.29 Å². The maximum Gasteiger partial charge on any atom is 0.169 e. The summed E-state index contributed by atoms with van der Waals surface area (Å²) in [5, 5.41) is 0. The van der Waals surface area contributed by atoms with Crippen molar-refractivity contribution in [2.75, 3.05) is 0 Å². The summed E-state index contributed by atoms with van der Waals surface area (Å²) in [6.07, 6.45) is 6.60. The zero-order valence-electron chi connectivity index (χ0n) is 10.5. The molecule has 88 valence electrons. The summed E-state index contributed by atoms with van der Waals surface area (Å²) in [6.45, 7) is 8.72. The Kier molecular flexibility index (Phi) is 3.84. The molecule has 0 heterocycles. The molecule has 0 N–H and O–H groups in total. The first-order valence-corrected chi connectivity index (χ1v) is 5.73. The largest absolute Gasteiger partial charge is 0.303 e. The first-order valence-electron chi connectivity index (χ1n) is 5.73. The summed E-state index contributed by atoms with van der Waals surface area (Å²) in [5.74, 6) is 0.710. The van der Waals surface area contributed by atoms with Gasteiger partial charge in [0.25, 0.3) is 0 Å². The summed E-state index contributed by atoms with van der Waals surface area (Å²) in [6, 6.07) is 0. The van der Waals surface area contributed by atoms with E-state index in [1.54, 1.807) is 0 Å². The summed E-state index contributed by atoms with van der Waals surface area (Å²) in [4.78, 5) is 21.8. The number of rotatable bonds is 3. The van der Waals surface area contributed by atoms with Gasteiger partial charge in [0.05, 0.1) is 6.42 Å². The predicted octanol–water partition coefficient (Wildman–Crippen LogP) is 2.94. The molecular formula is C14H20O2. The Bertz CT molecular complexity index is 342. The second kappa shape index (κ2) is 4.77. The summed E-state index contributed by atoms with van der Waals surface area (Å²) < 4.78 is 0. The van der Waals surface area contributed by atoms with Crippen molar-refractivity contribution in [2.45, 2.75) is 34.1 Å². The molecule has 2 unspecified atom stereocenters. The summed E-state index contributed by atoms with van der Waals surface area (Å²) in [7, 11) is 0. The van der Waals surface area contributed by atoms with E-state index in [9.17, 15) is 9.59 Å². The van der Waals surface area contributed by atoms with Gasteiger partial charge in [0.15, 0.2) is 5.78 Å². The van der Waals surface area contributed by atoms with E-state index in [4.69, 9.17) is 0 Å². The van der Waals surface area contributed by atoms with Gasteiger partial charge in [-0.1, -0.05) is 45.9 Å². The third kappa shape index (κ3) is 2.91. The molecule has 0 amide bonds. The number of ketones is 1. The highest BCUT2D eigenvalue weighted by Crippen LogP contribution is 2.37. The molecule has 0 spiro atoms. The second-order valence-electron chi connectivity index (χ2n) is 5.53. The molecule has 0 bridgehead atoms. The molecule has 0 radical (unpaired) electrons. The second-order valence-corrected chi connectivity index (χ2v) is 5.53. The molecule has 0 saturated heterocycles. The maximum absolute atomic E-state index is 11.5. The fourth-order valence-electron chi connectivity index (χ4n) is 2.28. The minimum atomic E-state index is -0.0783. The molecular weight excluding hydrogens is 200 g/mol. The van der Waals surface area contributed by atoms with E-state index in [1.165, 1.54) is 0 Å². The highest BCUT2D eigenvalue weighted by atomic mass is 16.1. The van der Waals surface area contributed by atoms with Crippen LogP contribution in [0.3, 0.4) is 0 Å². The van der Waals surface area contributed by atoms with Crippen LogP contribution >= 0.6 is 0 Å². The minimum absolute atomic E-state index is 0.0108. The lowest BCUT2D eigenvalue weighted by Gasteiger charge is -2.34. The van der Waals surface area contributed by atoms with Crippen LogP contribution in [0, 0.1) is 17.3 Å². The van der Waals surface area contributed by atoms with E-state index in [0.29, 0.717) is 23.7 Å². The van der Waals surface area contributed by atoms with Crippen molar-refractivity contribution >= 4 is 12.1 Å². The van der Waals surface area contributed by atoms with Crippen LogP contribution in [0.4, 0.5) is 0 Å². The Hall–Kier alpha value is -1.18. The van der Waals surface area contributed by atoms with E-state index < -0.39 is 0 Å². The number of carbonyl (C=O) groups is 2. The average Bonchev–Trinajstić information content (AvgIpc) is 2.16. The van der Waals surface area contributed by atoms with Crippen molar-refractivity contribution in [1.82, 2.24) is 0 Å². The van der Waals surface area contributed by atoms with Gasteiger partial charge in [-0.25, -0.2) is 0 Å². The molecule has 0 aromatic carbocycles. The molecule has 0 aliphatic heterocycles. The van der Waals surface area contributed by atoms with Crippen LogP contribution in [-0.2, 0) is 9.59 Å². The summed E-state index contributed by atoms with van der Waals surface area (Å²) in [5.41, 5.74) is 0.881. The number of carbonyl (C=O) groups excluding carboxylic acids is 2. The van der Waals surface area contributed by atoms with Gasteiger partial charge in [-0.3, -0.25) is 4.79 Å². The van der Waals surface area contributed by atoms with Gasteiger partial charge in [0, 0.05) is 5.57 Å². The highest BCUT2D eigenvalue weighted by Gasteiger charge is 2.29. The number of hydrogen-bond donors (Lipinski definition) is 0. The smallest absolute Gasteiger partial charge is 0.169 e. The van der Waals surface area contributed by atoms with Gasteiger partial charge in [-0.2, -0.15) is 0 Å². The fourth-order valence-corrected chi connectivity index (χ4v) is 2.28.